The molecule has 3 rings (SSSR count). The van der Waals surface area contributed by atoms with Crippen molar-refractivity contribution in [3.8, 4) is 0 Å². The number of carbonyl (C=O) groups is 1. The van der Waals surface area contributed by atoms with Crippen LogP contribution in [0.15, 0.2) is 35.2 Å². The fraction of sp³-hybridized carbons (Fsp3) is 0.278. The zero-order valence-electron chi connectivity index (χ0n) is 13.9. The first kappa shape index (κ1) is 18.4. The number of hydrogen-bond donors (Lipinski definition) is 0. The molecular weight excluding hydrogens is 367 g/mol. The minimum absolute atomic E-state index is 0.160. The first-order valence-electron chi connectivity index (χ1n) is 8.06. The second-order valence-corrected chi connectivity index (χ2v) is 8.28. The molecule has 1 aliphatic rings. The molecule has 1 amide bonds. The van der Waals surface area contributed by atoms with Gasteiger partial charge in [0.15, 0.2) is 21.5 Å². The number of aryl methyl sites for hydroxylation is 1. The van der Waals surface area contributed by atoms with Crippen LogP contribution in [0.3, 0.4) is 0 Å². The van der Waals surface area contributed by atoms with Crippen molar-refractivity contribution < 1.29 is 26.4 Å². The molecule has 0 N–H and O–H groups in total. The van der Waals surface area contributed by atoms with E-state index >= 15 is 0 Å². The molecule has 0 bridgehead atoms. The topological polar surface area (TPSA) is 54.5 Å². The van der Waals surface area contributed by atoms with Crippen molar-refractivity contribution in [2.24, 2.45) is 0 Å². The van der Waals surface area contributed by atoms with Crippen molar-refractivity contribution in [2.45, 2.75) is 24.7 Å². The summed E-state index contributed by atoms with van der Waals surface area (Å²) in [6, 6.07) is 4.95. The predicted octanol–water partition coefficient (Wildman–Crippen LogP) is 3.49. The van der Waals surface area contributed by atoms with Gasteiger partial charge in [0.05, 0.1) is 21.9 Å². The molecular formula is C18H16F3NO3S. The summed E-state index contributed by atoms with van der Waals surface area (Å²) >= 11 is 0. The molecule has 8 heteroatoms. The Hall–Kier alpha value is -2.35. The van der Waals surface area contributed by atoms with Gasteiger partial charge in [-0.05, 0) is 42.7 Å². The van der Waals surface area contributed by atoms with Gasteiger partial charge in [0.25, 0.3) is 5.91 Å². The van der Waals surface area contributed by atoms with Gasteiger partial charge in [-0.3, -0.25) is 4.79 Å². The standard InChI is InChI=1S/C18H16F3NO3S/c1-2-26(24,25)12-5-6-14(19)13(9-12)18(23)22-7-3-4-11-8-15(20)16(21)10-17(11)22/h5-6,8-10H,2-4,7H2,1H3. The first-order valence-corrected chi connectivity index (χ1v) is 9.72. The van der Waals surface area contributed by atoms with Crippen LogP contribution in [0.1, 0.15) is 29.3 Å². The Bertz CT molecular complexity index is 989. The number of amides is 1. The number of fused-ring (bicyclic) bond motifs is 1. The summed E-state index contributed by atoms with van der Waals surface area (Å²) in [5.74, 6) is -3.97. The van der Waals surface area contributed by atoms with Gasteiger partial charge in [0.2, 0.25) is 0 Å². The molecule has 138 valence electrons. The van der Waals surface area contributed by atoms with Gasteiger partial charge in [-0.2, -0.15) is 0 Å². The summed E-state index contributed by atoms with van der Waals surface area (Å²) in [5, 5.41) is 0. The largest absolute Gasteiger partial charge is 0.308 e. The van der Waals surface area contributed by atoms with Gasteiger partial charge in [-0.25, -0.2) is 21.6 Å². The molecule has 1 heterocycles. The minimum atomic E-state index is -3.62. The van der Waals surface area contributed by atoms with Gasteiger partial charge in [-0.1, -0.05) is 6.92 Å². The van der Waals surface area contributed by atoms with E-state index in [9.17, 15) is 26.4 Å². The van der Waals surface area contributed by atoms with E-state index in [1.54, 1.807) is 0 Å². The number of rotatable bonds is 3. The normalized spacial score (nSPS) is 14.2. The molecule has 0 atom stereocenters. The van der Waals surface area contributed by atoms with Gasteiger partial charge in [-0.15, -0.1) is 0 Å². The molecule has 2 aromatic rings. The van der Waals surface area contributed by atoms with E-state index in [1.807, 2.05) is 0 Å². The molecule has 0 aliphatic carbocycles. The third-order valence-electron chi connectivity index (χ3n) is 4.39. The van der Waals surface area contributed by atoms with Gasteiger partial charge in [0.1, 0.15) is 5.82 Å². The predicted molar refractivity (Wildman–Crippen MR) is 90.5 cm³/mol. The highest BCUT2D eigenvalue weighted by Crippen LogP contribution is 2.31. The lowest BCUT2D eigenvalue weighted by Gasteiger charge is -2.30. The smallest absolute Gasteiger partial charge is 0.261 e. The molecule has 0 radical (unpaired) electrons. The summed E-state index contributed by atoms with van der Waals surface area (Å²) in [5.41, 5.74) is 0.196. The zero-order valence-corrected chi connectivity index (χ0v) is 14.7. The Morgan fingerprint density at radius 1 is 1.08 bits per heavy atom. The summed E-state index contributed by atoms with van der Waals surface area (Å²) in [6.07, 6.45) is 0.960. The van der Waals surface area contributed by atoms with Gasteiger partial charge < -0.3 is 4.90 Å². The number of carbonyl (C=O) groups excluding carboxylic acids is 1. The third kappa shape index (κ3) is 3.21. The first-order chi connectivity index (χ1) is 12.2. The minimum Gasteiger partial charge on any atom is -0.308 e. The van der Waals surface area contributed by atoms with Gasteiger partial charge >= 0.3 is 0 Å². The van der Waals surface area contributed by atoms with Crippen molar-refractivity contribution in [2.75, 3.05) is 17.2 Å². The Kier molecular flexibility index (Phi) is 4.79. The lowest BCUT2D eigenvalue weighted by Crippen LogP contribution is -2.36. The molecule has 0 aromatic heterocycles. The lowest BCUT2D eigenvalue weighted by molar-refractivity contribution is 0.0981. The average molecular weight is 383 g/mol. The average Bonchev–Trinajstić information content (AvgIpc) is 2.62. The second kappa shape index (κ2) is 6.75. The number of halogens is 3. The number of nitrogens with zero attached hydrogens (tertiary/aromatic N) is 1. The highest BCUT2D eigenvalue weighted by Gasteiger charge is 2.28. The van der Waals surface area contributed by atoms with Crippen LogP contribution in [0, 0.1) is 17.5 Å². The van der Waals surface area contributed by atoms with E-state index < -0.39 is 38.8 Å². The number of hydrogen-bond acceptors (Lipinski definition) is 3. The number of sulfone groups is 1. The van der Waals surface area contributed by atoms with Crippen LogP contribution in [-0.4, -0.2) is 26.6 Å². The highest BCUT2D eigenvalue weighted by atomic mass is 32.2. The van der Waals surface area contributed by atoms with Crippen LogP contribution in [-0.2, 0) is 16.3 Å². The van der Waals surface area contributed by atoms with E-state index in [0.717, 1.165) is 35.2 Å². The van der Waals surface area contributed by atoms with E-state index in [0.29, 0.717) is 18.4 Å². The molecule has 0 saturated heterocycles. The maximum absolute atomic E-state index is 14.2. The van der Waals surface area contributed by atoms with E-state index in [4.69, 9.17) is 0 Å². The summed E-state index contributed by atoms with van der Waals surface area (Å²) in [7, 11) is -3.62. The zero-order chi connectivity index (χ0) is 19.1. The lowest BCUT2D eigenvalue weighted by atomic mass is 10.00. The summed E-state index contributed by atoms with van der Waals surface area (Å²) < 4.78 is 65.3. The molecule has 0 spiro atoms. The van der Waals surface area contributed by atoms with Crippen LogP contribution >= 0.6 is 0 Å². The van der Waals surface area contributed by atoms with Crippen LogP contribution < -0.4 is 4.90 Å². The van der Waals surface area contributed by atoms with Crippen LogP contribution in [0.2, 0.25) is 0 Å². The fourth-order valence-corrected chi connectivity index (χ4v) is 3.87. The molecule has 0 fully saturated rings. The maximum Gasteiger partial charge on any atom is 0.261 e. The molecule has 0 unspecified atom stereocenters. The Balaban J connectivity index is 2.07. The van der Waals surface area contributed by atoms with Crippen molar-refractivity contribution in [1.29, 1.82) is 0 Å². The Labute approximate surface area is 149 Å². The van der Waals surface area contributed by atoms with Crippen molar-refractivity contribution in [1.82, 2.24) is 0 Å². The quantitative estimate of drug-likeness (QED) is 0.763. The monoisotopic (exact) mass is 383 g/mol. The van der Waals surface area contributed by atoms with Crippen molar-refractivity contribution in [3.05, 3.63) is 58.9 Å². The molecule has 4 nitrogen and oxygen atoms in total. The Morgan fingerprint density at radius 2 is 1.77 bits per heavy atom. The SMILES string of the molecule is CCS(=O)(=O)c1ccc(F)c(C(=O)N2CCCc3cc(F)c(F)cc32)c1. The van der Waals surface area contributed by atoms with Crippen molar-refractivity contribution >= 4 is 21.4 Å². The van der Waals surface area contributed by atoms with Crippen molar-refractivity contribution in [3.63, 3.8) is 0 Å². The van der Waals surface area contributed by atoms with Crippen LogP contribution in [0.4, 0.5) is 18.9 Å². The molecule has 2 aromatic carbocycles. The molecule has 1 aliphatic heterocycles. The van der Waals surface area contributed by atoms with E-state index in [2.05, 4.69) is 0 Å². The summed E-state index contributed by atoms with van der Waals surface area (Å²) in [4.78, 5) is 13.8. The number of anilines is 1. The fourth-order valence-electron chi connectivity index (χ4n) is 2.96. The molecule has 0 saturated carbocycles. The Morgan fingerprint density at radius 3 is 2.46 bits per heavy atom. The second-order valence-electron chi connectivity index (χ2n) is 6.00. The number of benzene rings is 2. The van der Waals surface area contributed by atoms with Crippen LogP contribution in [0.5, 0.6) is 0 Å². The maximum atomic E-state index is 14.2. The van der Waals surface area contributed by atoms with Gasteiger partial charge in [0, 0.05) is 12.6 Å². The third-order valence-corrected chi connectivity index (χ3v) is 6.12. The van der Waals surface area contributed by atoms with E-state index in [1.165, 1.54) is 6.92 Å². The highest BCUT2D eigenvalue weighted by molar-refractivity contribution is 7.91. The molecule has 26 heavy (non-hydrogen) atoms. The van der Waals surface area contributed by atoms with E-state index in [-0.39, 0.29) is 22.9 Å². The summed E-state index contributed by atoms with van der Waals surface area (Å²) in [6.45, 7) is 1.64. The van der Waals surface area contributed by atoms with Crippen LogP contribution in [0.25, 0.3) is 0 Å².